The fourth-order valence-corrected chi connectivity index (χ4v) is 4.65. The van der Waals surface area contributed by atoms with Gasteiger partial charge in [-0.2, -0.15) is 0 Å². The normalized spacial score (nSPS) is 13.6. The summed E-state index contributed by atoms with van der Waals surface area (Å²) in [5.74, 6) is -1.71. The van der Waals surface area contributed by atoms with Crippen LogP contribution in [-0.2, 0) is 34.1 Å². The molecule has 0 saturated heterocycles. The van der Waals surface area contributed by atoms with Crippen LogP contribution in [0.25, 0.3) is 0 Å². The van der Waals surface area contributed by atoms with Gasteiger partial charge in [0.05, 0.1) is 11.3 Å². The molecule has 1 unspecified atom stereocenters. The average molecular weight is 470 g/mol. The third-order valence-electron chi connectivity index (χ3n) is 5.03. The highest BCUT2D eigenvalue weighted by molar-refractivity contribution is 7.91. The molecule has 1 atom stereocenters. The maximum Gasteiger partial charge on any atom is 0.263 e. The molecule has 0 aliphatic rings. The first kappa shape index (κ1) is 26.0. The summed E-state index contributed by atoms with van der Waals surface area (Å²) in [6.45, 7) is 5.96. The topological polar surface area (TPSA) is 75.8 Å². The van der Waals surface area contributed by atoms with Crippen LogP contribution in [-0.4, -0.2) is 29.1 Å². The van der Waals surface area contributed by atoms with E-state index in [1.807, 2.05) is 32.8 Å². The van der Waals surface area contributed by atoms with Gasteiger partial charge in [0.25, 0.3) is 12.3 Å². The lowest BCUT2D eigenvalue weighted by molar-refractivity contribution is -0.117. The Morgan fingerprint density at radius 1 is 1.19 bits per heavy atom. The number of halogens is 3. The van der Waals surface area contributed by atoms with Crippen LogP contribution in [0.5, 0.6) is 0 Å². The van der Waals surface area contributed by atoms with Gasteiger partial charge in [0.15, 0.2) is 0 Å². The molecule has 0 fully saturated rings. The molecule has 0 bridgehead atoms. The van der Waals surface area contributed by atoms with Gasteiger partial charge in [-0.1, -0.05) is 26.8 Å². The fourth-order valence-electron chi connectivity index (χ4n) is 3.58. The Hall–Kier alpha value is -2.23. The number of benzene rings is 2. The molecule has 0 saturated carbocycles. The molecule has 2 aromatic rings. The molecule has 5 nitrogen and oxygen atoms in total. The Morgan fingerprint density at radius 3 is 2.34 bits per heavy atom. The number of hydrogen-bond donors (Lipinski definition) is 1. The van der Waals surface area contributed by atoms with Crippen molar-refractivity contribution in [2.24, 2.45) is 9.50 Å². The van der Waals surface area contributed by atoms with Crippen LogP contribution in [0, 0.1) is 5.82 Å². The van der Waals surface area contributed by atoms with Gasteiger partial charge in [0, 0.05) is 12.1 Å². The molecule has 0 aliphatic carbocycles. The van der Waals surface area contributed by atoms with Crippen molar-refractivity contribution in [3.63, 3.8) is 0 Å². The monoisotopic (exact) mass is 469 g/mol. The van der Waals surface area contributed by atoms with Gasteiger partial charge in [-0.15, -0.1) is 4.36 Å². The molecule has 9 heteroatoms. The first-order valence-corrected chi connectivity index (χ1v) is 11.9. The van der Waals surface area contributed by atoms with Crippen LogP contribution >= 0.6 is 0 Å². The standard InChI is InChI=1S/C23H30F3N3O2S/c1-6-16-10-17(23(25)26)11-18(14(2)3)19(16)12-22(30)28-32(27,31)21-8-7-15(9-20(21)24)13-29(4)5/h7-11,14,23H,6,12-13H2,1-5H3,(H2,27,28,30,31). The van der Waals surface area contributed by atoms with Crippen molar-refractivity contribution in [1.82, 2.24) is 4.90 Å². The SMILES string of the molecule is CCc1cc(C(F)F)cc(C(C)C)c1CC(=O)N=S(N)(=O)c1ccc(CN(C)C)cc1F. The van der Waals surface area contributed by atoms with E-state index in [0.29, 0.717) is 35.2 Å². The van der Waals surface area contributed by atoms with Crippen LogP contribution < -0.4 is 5.14 Å². The van der Waals surface area contributed by atoms with E-state index in [-0.39, 0.29) is 22.8 Å². The second-order valence-electron chi connectivity index (χ2n) is 8.29. The lowest BCUT2D eigenvalue weighted by Gasteiger charge is -2.18. The number of carbonyl (C=O) groups excluding carboxylic acids is 1. The first-order valence-electron chi connectivity index (χ1n) is 10.3. The van der Waals surface area contributed by atoms with E-state index >= 15 is 0 Å². The number of aryl methyl sites for hydroxylation is 1. The fraction of sp³-hybridized carbons (Fsp3) is 0.435. The molecule has 2 N–H and O–H groups in total. The van der Waals surface area contributed by atoms with Crippen LogP contribution in [0.1, 0.15) is 60.9 Å². The molecular weight excluding hydrogens is 439 g/mol. The Kier molecular flexibility index (Phi) is 8.61. The predicted molar refractivity (Wildman–Crippen MR) is 120 cm³/mol. The molecule has 2 aromatic carbocycles. The second kappa shape index (κ2) is 10.6. The van der Waals surface area contributed by atoms with E-state index in [0.717, 1.165) is 0 Å². The molecule has 0 radical (unpaired) electrons. The summed E-state index contributed by atoms with van der Waals surface area (Å²) >= 11 is 0. The van der Waals surface area contributed by atoms with Crippen molar-refractivity contribution in [2.45, 2.75) is 57.4 Å². The smallest absolute Gasteiger partial charge is 0.263 e. The molecule has 176 valence electrons. The van der Waals surface area contributed by atoms with E-state index in [9.17, 15) is 22.2 Å². The number of alkyl halides is 2. The van der Waals surface area contributed by atoms with Crippen molar-refractivity contribution in [2.75, 3.05) is 14.1 Å². The minimum Gasteiger partial charge on any atom is -0.305 e. The van der Waals surface area contributed by atoms with Crippen LogP contribution in [0.4, 0.5) is 13.2 Å². The number of nitrogens with two attached hydrogens (primary N) is 1. The highest BCUT2D eigenvalue weighted by Gasteiger charge is 2.21. The van der Waals surface area contributed by atoms with E-state index in [4.69, 9.17) is 5.14 Å². The third kappa shape index (κ3) is 6.40. The first-order chi connectivity index (χ1) is 14.9. The van der Waals surface area contributed by atoms with E-state index in [1.54, 1.807) is 13.0 Å². The molecule has 1 amide bonds. The van der Waals surface area contributed by atoms with Gasteiger partial charge in [0.2, 0.25) is 0 Å². The Morgan fingerprint density at radius 2 is 1.84 bits per heavy atom. The maximum absolute atomic E-state index is 14.6. The Balaban J connectivity index is 2.43. The zero-order valence-corrected chi connectivity index (χ0v) is 19.8. The third-order valence-corrected chi connectivity index (χ3v) is 6.47. The van der Waals surface area contributed by atoms with E-state index in [2.05, 4.69) is 4.36 Å². The van der Waals surface area contributed by atoms with Crippen molar-refractivity contribution in [3.8, 4) is 0 Å². The molecule has 32 heavy (non-hydrogen) atoms. The summed E-state index contributed by atoms with van der Waals surface area (Å²) in [5, 5.41) is 5.77. The molecule has 0 heterocycles. The second-order valence-corrected chi connectivity index (χ2v) is 10.0. The number of hydrogen-bond acceptors (Lipinski definition) is 3. The van der Waals surface area contributed by atoms with Crippen molar-refractivity contribution in [3.05, 3.63) is 64.0 Å². The van der Waals surface area contributed by atoms with Gasteiger partial charge < -0.3 is 4.90 Å². The van der Waals surface area contributed by atoms with Gasteiger partial charge >= 0.3 is 0 Å². The molecular formula is C23H30F3N3O2S. The largest absolute Gasteiger partial charge is 0.305 e. The molecule has 0 spiro atoms. The van der Waals surface area contributed by atoms with Crippen molar-refractivity contribution >= 4 is 15.8 Å². The van der Waals surface area contributed by atoms with Crippen LogP contribution in [0.2, 0.25) is 0 Å². The summed E-state index contributed by atoms with van der Waals surface area (Å²) in [6.07, 6.45) is -2.45. The van der Waals surface area contributed by atoms with Crippen molar-refractivity contribution < 1.29 is 22.2 Å². The number of rotatable bonds is 8. The highest BCUT2D eigenvalue weighted by atomic mass is 32.2. The van der Waals surface area contributed by atoms with Gasteiger partial charge in [0.1, 0.15) is 15.7 Å². The number of nitrogens with zero attached hydrogens (tertiary/aromatic N) is 2. The predicted octanol–water partition coefficient (Wildman–Crippen LogP) is 4.98. The Bertz CT molecular complexity index is 1110. The molecule has 2 rings (SSSR count). The van der Waals surface area contributed by atoms with E-state index in [1.165, 1.54) is 24.3 Å². The van der Waals surface area contributed by atoms with Gasteiger partial charge in [-0.25, -0.2) is 22.5 Å². The van der Waals surface area contributed by atoms with Crippen molar-refractivity contribution in [1.29, 1.82) is 0 Å². The molecule has 0 aliphatic heterocycles. The summed E-state index contributed by atoms with van der Waals surface area (Å²) in [7, 11) is -0.155. The zero-order chi connectivity index (χ0) is 24.2. The maximum atomic E-state index is 14.6. The van der Waals surface area contributed by atoms with Crippen LogP contribution in [0.3, 0.4) is 0 Å². The summed E-state index contributed by atoms with van der Waals surface area (Å²) in [6, 6.07) is 6.85. The average Bonchev–Trinajstić information content (AvgIpc) is 2.66. The minimum atomic E-state index is -3.81. The zero-order valence-electron chi connectivity index (χ0n) is 19.0. The summed E-state index contributed by atoms with van der Waals surface area (Å²) in [5.41, 5.74) is 2.31. The number of carbonyl (C=O) groups is 1. The van der Waals surface area contributed by atoms with Gasteiger partial charge in [-0.3, -0.25) is 4.79 Å². The Labute approximate surface area is 188 Å². The van der Waals surface area contributed by atoms with Crippen LogP contribution in [0.15, 0.2) is 39.6 Å². The highest BCUT2D eigenvalue weighted by Crippen LogP contribution is 2.30. The lowest BCUT2D eigenvalue weighted by atomic mass is 9.88. The quantitative estimate of drug-likeness (QED) is 0.592. The lowest BCUT2D eigenvalue weighted by Crippen LogP contribution is -2.18. The number of amides is 1. The van der Waals surface area contributed by atoms with Gasteiger partial charge in [-0.05, 0) is 73.0 Å². The van der Waals surface area contributed by atoms with E-state index < -0.39 is 28.1 Å². The molecule has 0 aromatic heterocycles. The summed E-state index contributed by atoms with van der Waals surface area (Å²) in [4.78, 5) is 14.2. The summed E-state index contributed by atoms with van der Waals surface area (Å²) < 4.78 is 57.7. The minimum absolute atomic E-state index is 0.110.